The molecule has 2 heterocycles. The third-order valence-corrected chi connectivity index (χ3v) is 6.06. The maximum Gasteiger partial charge on any atom is 0.262 e. The fraction of sp³-hybridized carbons (Fsp3) is 0.174. The lowest BCUT2D eigenvalue weighted by molar-refractivity contribution is -0.120. The van der Waals surface area contributed by atoms with E-state index in [0.29, 0.717) is 33.4 Å². The smallest absolute Gasteiger partial charge is 0.262 e. The van der Waals surface area contributed by atoms with Crippen LogP contribution in [0.25, 0.3) is 10.9 Å². The molecule has 0 aliphatic rings. The second kappa shape index (κ2) is 9.41. The number of carbonyl (C=O) groups is 1. The van der Waals surface area contributed by atoms with Gasteiger partial charge in [0.05, 0.1) is 29.0 Å². The molecule has 0 aliphatic heterocycles. The van der Waals surface area contributed by atoms with Gasteiger partial charge < -0.3 is 9.73 Å². The SMILES string of the molecule is C[C@@H](Sc1nc2cc(Cl)ccc2c(=O)n1Cc1ccco1)C(=O)NCc1ccccc1. The highest BCUT2D eigenvalue weighted by Gasteiger charge is 2.20. The van der Waals surface area contributed by atoms with Gasteiger partial charge in [0.15, 0.2) is 5.16 Å². The molecule has 6 nitrogen and oxygen atoms in total. The number of hydrogen-bond donors (Lipinski definition) is 1. The van der Waals surface area contributed by atoms with Crippen molar-refractivity contribution < 1.29 is 9.21 Å². The third-order valence-electron chi connectivity index (χ3n) is 4.74. The van der Waals surface area contributed by atoms with Gasteiger partial charge in [0.25, 0.3) is 5.56 Å². The standard InChI is InChI=1S/C23H20ClN3O3S/c1-15(21(28)25-13-16-6-3-2-4-7-16)31-23-26-20-12-17(24)9-10-19(20)22(29)27(23)14-18-8-5-11-30-18/h2-12,15H,13-14H2,1H3,(H,25,28)/t15-/m1/s1. The van der Waals surface area contributed by atoms with Gasteiger partial charge in [-0.25, -0.2) is 4.98 Å². The molecular formula is C23H20ClN3O3S. The zero-order valence-corrected chi connectivity index (χ0v) is 18.3. The number of benzene rings is 2. The molecule has 0 radical (unpaired) electrons. The molecule has 0 saturated heterocycles. The summed E-state index contributed by atoms with van der Waals surface area (Å²) in [6.45, 7) is 2.44. The number of nitrogens with zero attached hydrogens (tertiary/aromatic N) is 2. The Hall–Kier alpha value is -3.03. The first-order chi connectivity index (χ1) is 15.0. The molecule has 0 spiro atoms. The highest BCUT2D eigenvalue weighted by molar-refractivity contribution is 8.00. The van der Waals surface area contributed by atoms with Crippen LogP contribution in [0.5, 0.6) is 0 Å². The molecule has 4 rings (SSSR count). The summed E-state index contributed by atoms with van der Waals surface area (Å²) in [7, 11) is 0. The van der Waals surface area contributed by atoms with E-state index in [1.165, 1.54) is 16.3 Å². The van der Waals surface area contributed by atoms with E-state index in [0.717, 1.165) is 5.56 Å². The molecule has 1 atom stereocenters. The number of rotatable bonds is 7. The van der Waals surface area contributed by atoms with E-state index in [1.807, 2.05) is 30.3 Å². The maximum absolute atomic E-state index is 13.2. The molecule has 0 saturated carbocycles. The zero-order valence-electron chi connectivity index (χ0n) is 16.7. The number of nitrogens with one attached hydrogen (secondary N) is 1. The van der Waals surface area contributed by atoms with Crippen molar-refractivity contribution in [3.63, 3.8) is 0 Å². The molecule has 0 bridgehead atoms. The van der Waals surface area contributed by atoms with Gasteiger partial charge >= 0.3 is 0 Å². The Labute approximate surface area is 188 Å². The minimum atomic E-state index is -0.463. The number of thioether (sulfide) groups is 1. The van der Waals surface area contributed by atoms with Crippen LogP contribution in [-0.4, -0.2) is 20.7 Å². The Balaban J connectivity index is 1.61. The Morgan fingerprint density at radius 2 is 2.00 bits per heavy atom. The molecule has 31 heavy (non-hydrogen) atoms. The van der Waals surface area contributed by atoms with E-state index in [4.69, 9.17) is 16.0 Å². The van der Waals surface area contributed by atoms with Crippen molar-refractivity contribution in [1.29, 1.82) is 0 Å². The second-order valence-corrected chi connectivity index (χ2v) is 8.73. The molecule has 0 unspecified atom stereocenters. The van der Waals surface area contributed by atoms with Gasteiger partial charge in [-0.2, -0.15) is 0 Å². The van der Waals surface area contributed by atoms with E-state index in [-0.39, 0.29) is 18.0 Å². The average molecular weight is 454 g/mol. The lowest BCUT2D eigenvalue weighted by atomic mass is 10.2. The molecule has 4 aromatic rings. The summed E-state index contributed by atoms with van der Waals surface area (Å²) in [4.78, 5) is 30.5. The first kappa shape index (κ1) is 21.2. The predicted molar refractivity (Wildman–Crippen MR) is 122 cm³/mol. The molecule has 2 aromatic carbocycles. The Bertz CT molecular complexity index is 1260. The van der Waals surface area contributed by atoms with Crippen molar-refractivity contribution in [3.8, 4) is 0 Å². The summed E-state index contributed by atoms with van der Waals surface area (Å²) in [5.41, 5.74) is 1.30. The fourth-order valence-electron chi connectivity index (χ4n) is 3.10. The fourth-order valence-corrected chi connectivity index (χ4v) is 4.20. The number of hydrogen-bond acceptors (Lipinski definition) is 5. The molecule has 1 N–H and O–H groups in total. The normalized spacial score (nSPS) is 12.1. The van der Waals surface area contributed by atoms with Gasteiger partial charge in [-0.05, 0) is 42.8 Å². The highest BCUT2D eigenvalue weighted by atomic mass is 35.5. The number of amides is 1. The van der Waals surface area contributed by atoms with Gasteiger partial charge in [0.2, 0.25) is 5.91 Å². The van der Waals surface area contributed by atoms with E-state index >= 15 is 0 Å². The van der Waals surface area contributed by atoms with Crippen LogP contribution in [0.3, 0.4) is 0 Å². The van der Waals surface area contributed by atoms with Gasteiger partial charge in [0, 0.05) is 11.6 Å². The van der Waals surface area contributed by atoms with Gasteiger partial charge in [-0.3, -0.25) is 14.2 Å². The second-order valence-electron chi connectivity index (χ2n) is 6.99. The molecule has 8 heteroatoms. The number of carbonyl (C=O) groups excluding carboxylic acids is 1. The lowest BCUT2D eigenvalue weighted by Crippen LogP contribution is -2.31. The monoisotopic (exact) mass is 453 g/mol. The third kappa shape index (κ3) is 5.00. The Kier molecular flexibility index (Phi) is 6.44. The number of aromatic nitrogens is 2. The zero-order chi connectivity index (χ0) is 21.8. The minimum Gasteiger partial charge on any atom is -0.467 e. The van der Waals surface area contributed by atoms with E-state index < -0.39 is 5.25 Å². The van der Waals surface area contributed by atoms with Crippen LogP contribution in [0.4, 0.5) is 0 Å². The average Bonchev–Trinajstić information content (AvgIpc) is 3.28. The van der Waals surface area contributed by atoms with Gasteiger partial charge in [0.1, 0.15) is 5.76 Å². The summed E-state index contributed by atoms with van der Waals surface area (Å²) in [5.74, 6) is 0.485. The van der Waals surface area contributed by atoms with Crippen LogP contribution in [0, 0.1) is 0 Å². The summed E-state index contributed by atoms with van der Waals surface area (Å²) < 4.78 is 6.95. The van der Waals surface area contributed by atoms with E-state index in [1.54, 1.807) is 43.5 Å². The molecule has 2 aromatic heterocycles. The maximum atomic E-state index is 13.2. The minimum absolute atomic E-state index is 0.140. The lowest BCUT2D eigenvalue weighted by Gasteiger charge is -2.16. The number of fused-ring (bicyclic) bond motifs is 1. The van der Waals surface area contributed by atoms with Crippen molar-refractivity contribution in [2.45, 2.75) is 30.4 Å². The molecule has 0 aliphatic carbocycles. The molecule has 1 amide bonds. The molecule has 158 valence electrons. The van der Waals surface area contributed by atoms with Crippen molar-refractivity contribution in [2.75, 3.05) is 0 Å². The Morgan fingerprint density at radius 3 is 2.74 bits per heavy atom. The van der Waals surface area contributed by atoms with Crippen LogP contribution < -0.4 is 10.9 Å². The number of halogens is 1. The van der Waals surface area contributed by atoms with Crippen LogP contribution in [-0.2, 0) is 17.9 Å². The predicted octanol–water partition coefficient (Wildman–Crippen LogP) is 4.49. The summed E-state index contributed by atoms with van der Waals surface area (Å²) in [6.07, 6.45) is 1.56. The quantitative estimate of drug-likeness (QED) is 0.329. The van der Waals surface area contributed by atoms with E-state index in [2.05, 4.69) is 10.3 Å². The van der Waals surface area contributed by atoms with Crippen LogP contribution in [0.2, 0.25) is 5.02 Å². The summed E-state index contributed by atoms with van der Waals surface area (Å²) in [5, 5.41) is 3.85. The number of furan rings is 1. The molecule has 0 fully saturated rings. The van der Waals surface area contributed by atoms with E-state index in [9.17, 15) is 9.59 Å². The largest absolute Gasteiger partial charge is 0.467 e. The summed E-state index contributed by atoms with van der Waals surface area (Å²) >= 11 is 7.32. The van der Waals surface area contributed by atoms with Crippen LogP contribution in [0.15, 0.2) is 81.3 Å². The van der Waals surface area contributed by atoms with Gasteiger partial charge in [-0.1, -0.05) is 53.7 Å². The van der Waals surface area contributed by atoms with Crippen molar-refractivity contribution in [1.82, 2.24) is 14.9 Å². The van der Waals surface area contributed by atoms with Crippen molar-refractivity contribution in [3.05, 3.63) is 93.6 Å². The Morgan fingerprint density at radius 1 is 1.19 bits per heavy atom. The highest BCUT2D eigenvalue weighted by Crippen LogP contribution is 2.25. The molecular weight excluding hydrogens is 434 g/mol. The first-order valence-corrected chi connectivity index (χ1v) is 11.0. The van der Waals surface area contributed by atoms with Crippen LogP contribution in [0.1, 0.15) is 18.2 Å². The summed E-state index contributed by atoms with van der Waals surface area (Å²) in [6, 6.07) is 18.2. The van der Waals surface area contributed by atoms with Gasteiger partial charge in [-0.15, -0.1) is 0 Å². The van der Waals surface area contributed by atoms with Crippen molar-refractivity contribution in [2.24, 2.45) is 0 Å². The van der Waals surface area contributed by atoms with Crippen LogP contribution >= 0.6 is 23.4 Å². The van der Waals surface area contributed by atoms with Crippen molar-refractivity contribution >= 4 is 40.2 Å². The first-order valence-electron chi connectivity index (χ1n) is 9.72. The topological polar surface area (TPSA) is 77.1 Å².